The Labute approximate surface area is 153 Å². The molecular formula is C14H12BrIN2O5. The number of urea groups is 1. The van der Waals surface area contributed by atoms with Gasteiger partial charge in [0.05, 0.1) is 4.47 Å². The molecule has 2 N–H and O–H groups in total. The second-order valence-corrected chi connectivity index (χ2v) is 6.63. The van der Waals surface area contributed by atoms with Gasteiger partial charge in [0.25, 0.3) is 5.91 Å². The van der Waals surface area contributed by atoms with Crippen LogP contribution < -0.4 is 10.1 Å². The summed E-state index contributed by atoms with van der Waals surface area (Å²) in [6, 6.07) is 3.00. The normalized spacial score (nSPS) is 16.0. The van der Waals surface area contributed by atoms with Crippen molar-refractivity contribution in [2.24, 2.45) is 0 Å². The van der Waals surface area contributed by atoms with Crippen LogP contribution in [0.5, 0.6) is 5.75 Å². The number of nitrogens with zero attached hydrogens (tertiary/aromatic N) is 1. The predicted octanol–water partition coefficient (Wildman–Crippen LogP) is 2.43. The molecule has 0 aliphatic carbocycles. The molecule has 0 unspecified atom stereocenters. The highest BCUT2D eigenvalue weighted by molar-refractivity contribution is 14.1. The van der Waals surface area contributed by atoms with Crippen LogP contribution in [0.25, 0.3) is 6.08 Å². The minimum atomic E-state index is -1.11. The molecule has 7 nitrogen and oxygen atoms in total. The first-order chi connectivity index (χ1) is 10.8. The number of carbonyl (C=O) groups excluding carboxylic acids is 2. The Morgan fingerprint density at radius 2 is 2.17 bits per heavy atom. The maximum absolute atomic E-state index is 12.1. The summed E-state index contributed by atoms with van der Waals surface area (Å²) >= 11 is 5.40. The van der Waals surface area contributed by atoms with Crippen LogP contribution in [0.4, 0.5) is 4.79 Å². The molecule has 23 heavy (non-hydrogen) atoms. The summed E-state index contributed by atoms with van der Waals surface area (Å²) in [5, 5.41) is 11.3. The molecule has 1 aliphatic rings. The van der Waals surface area contributed by atoms with E-state index in [1.807, 2.05) is 0 Å². The minimum absolute atomic E-state index is 0.117. The van der Waals surface area contributed by atoms with Gasteiger partial charge >= 0.3 is 12.0 Å². The lowest BCUT2D eigenvalue weighted by molar-refractivity contribution is -0.139. The van der Waals surface area contributed by atoms with Crippen LogP contribution >= 0.6 is 38.5 Å². The van der Waals surface area contributed by atoms with Gasteiger partial charge in [-0.1, -0.05) is 0 Å². The second-order valence-electron chi connectivity index (χ2n) is 4.53. The molecule has 1 aliphatic heterocycles. The van der Waals surface area contributed by atoms with Crippen LogP contribution in [0, 0.1) is 3.57 Å². The Morgan fingerprint density at radius 3 is 2.74 bits per heavy atom. The van der Waals surface area contributed by atoms with Crippen molar-refractivity contribution >= 4 is 62.5 Å². The van der Waals surface area contributed by atoms with Crippen molar-refractivity contribution in [2.45, 2.75) is 6.92 Å². The lowest BCUT2D eigenvalue weighted by Crippen LogP contribution is -2.30. The quantitative estimate of drug-likeness (QED) is 0.372. The van der Waals surface area contributed by atoms with Crippen molar-refractivity contribution in [3.63, 3.8) is 0 Å². The number of ether oxygens (including phenoxy) is 1. The predicted molar refractivity (Wildman–Crippen MR) is 93.9 cm³/mol. The number of nitrogens with one attached hydrogen (secondary N) is 1. The third-order valence-corrected chi connectivity index (χ3v) is 4.17. The molecule has 9 heteroatoms. The Bertz CT molecular complexity index is 719. The molecule has 0 aromatic heterocycles. The molecule has 1 fully saturated rings. The number of hydrogen-bond donors (Lipinski definition) is 2. The summed E-state index contributed by atoms with van der Waals surface area (Å²) in [7, 11) is 0. The van der Waals surface area contributed by atoms with E-state index < -0.39 is 24.5 Å². The molecule has 1 saturated heterocycles. The fraction of sp³-hybridized carbons (Fsp3) is 0.214. The van der Waals surface area contributed by atoms with E-state index in [0.717, 1.165) is 8.47 Å². The largest absolute Gasteiger partial charge is 0.480 e. The van der Waals surface area contributed by atoms with Gasteiger partial charge in [-0.15, -0.1) is 0 Å². The number of rotatable bonds is 5. The van der Waals surface area contributed by atoms with Crippen molar-refractivity contribution in [1.82, 2.24) is 10.2 Å². The number of carboxylic acid groups (broad SMARTS) is 1. The molecule has 1 aromatic carbocycles. The van der Waals surface area contributed by atoms with Gasteiger partial charge in [-0.3, -0.25) is 9.69 Å². The molecule has 0 saturated carbocycles. The van der Waals surface area contributed by atoms with Crippen molar-refractivity contribution in [2.75, 3.05) is 13.2 Å². The zero-order valence-electron chi connectivity index (χ0n) is 11.9. The van der Waals surface area contributed by atoms with Crippen molar-refractivity contribution in [3.05, 3.63) is 31.4 Å². The topological polar surface area (TPSA) is 95.9 Å². The Balaban J connectivity index is 2.42. The van der Waals surface area contributed by atoms with Crippen molar-refractivity contribution in [3.8, 4) is 5.75 Å². The zero-order valence-corrected chi connectivity index (χ0v) is 15.7. The van der Waals surface area contributed by atoms with E-state index in [4.69, 9.17) is 9.84 Å². The number of likely N-dealkylation sites (N-methyl/N-ethyl adjacent to an activating group) is 1. The Hall–Kier alpha value is -1.62. The molecule has 0 radical (unpaired) electrons. The summed E-state index contributed by atoms with van der Waals surface area (Å²) in [5.74, 6) is -1.26. The van der Waals surface area contributed by atoms with Crippen LogP contribution in [-0.2, 0) is 9.59 Å². The molecule has 1 heterocycles. The minimum Gasteiger partial charge on any atom is -0.480 e. The maximum Gasteiger partial charge on any atom is 0.341 e. The average Bonchev–Trinajstić information content (AvgIpc) is 2.71. The van der Waals surface area contributed by atoms with Gasteiger partial charge in [-0.05, 0) is 63.7 Å². The summed E-state index contributed by atoms with van der Waals surface area (Å²) in [5.41, 5.74) is 0.609. The van der Waals surface area contributed by atoms with Crippen LogP contribution in [0.2, 0.25) is 0 Å². The van der Waals surface area contributed by atoms with Gasteiger partial charge < -0.3 is 15.2 Å². The highest BCUT2D eigenvalue weighted by Gasteiger charge is 2.32. The number of benzene rings is 1. The van der Waals surface area contributed by atoms with Gasteiger partial charge in [0.2, 0.25) is 0 Å². The number of carboxylic acids is 1. The zero-order chi connectivity index (χ0) is 17.1. The van der Waals surface area contributed by atoms with Gasteiger partial charge in [-0.25, -0.2) is 9.59 Å². The van der Waals surface area contributed by atoms with Crippen LogP contribution in [0.15, 0.2) is 22.3 Å². The van der Waals surface area contributed by atoms with E-state index in [-0.39, 0.29) is 18.0 Å². The monoisotopic (exact) mass is 494 g/mol. The SMILES string of the molecule is CCN1C(=O)N/C(=C/c2cc(I)cc(Br)c2OCC(=O)O)C1=O. The molecule has 1 aromatic rings. The Kier molecular flexibility index (Phi) is 5.63. The number of amides is 3. The van der Waals surface area contributed by atoms with Crippen molar-refractivity contribution in [1.29, 1.82) is 0 Å². The number of aliphatic carboxylic acids is 1. The summed E-state index contributed by atoms with van der Waals surface area (Å²) in [6.45, 7) is 1.45. The molecule has 0 atom stereocenters. The second kappa shape index (κ2) is 7.30. The number of hydrogen-bond acceptors (Lipinski definition) is 4. The lowest BCUT2D eigenvalue weighted by atomic mass is 10.1. The van der Waals surface area contributed by atoms with Gasteiger partial charge in [-0.2, -0.15) is 0 Å². The fourth-order valence-electron chi connectivity index (χ4n) is 1.99. The number of carbonyl (C=O) groups is 3. The molecule has 0 bridgehead atoms. The van der Waals surface area contributed by atoms with E-state index in [2.05, 4.69) is 43.8 Å². The summed E-state index contributed by atoms with van der Waals surface area (Å²) in [6.07, 6.45) is 1.47. The average molecular weight is 495 g/mol. The Morgan fingerprint density at radius 1 is 1.48 bits per heavy atom. The first kappa shape index (κ1) is 17.7. The highest BCUT2D eigenvalue weighted by atomic mass is 127. The molecular weight excluding hydrogens is 483 g/mol. The van der Waals surface area contributed by atoms with E-state index in [0.29, 0.717) is 10.0 Å². The molecule has 3 amide bonds. The number of imide groups is 1. The molecule has 0 spiro atoms. The van der Waals surface area contributed by atoms with Crippen LogP contribution in [-0.4, -0.2) is 41.1 Å². The highest BCUT2D eigenvalue weighted by Crippen LogP contribution is 2.33. The smallest absolute Gasteiger partial charge is 0.341 e. The third-order valence-electron chi connectivity index (χ3n) is 2.96. The maximum atomic E-state index is 12.1. The lowest BCUT2D eigenvalue weighted by Gasteiger charge is -2.11. The first-order valence-electron chi connectivity index (χ1n) is 6.51. The van der Waals surface area contributed by atoms with Gasteiger partial charge in [0.15, 0.2) is 6.61 Å². The first-order valence-corrected chi connectivity index (χ1v) is 8.38. The molecule has 122 valence electrons. The van der Waals surface area contributed by atoms with E-state index in [1.165, 1.54) is 6.08 Å². The van der Waals surface area contributed by atoms with Crippen LogP contribution in [0.3, 0.4) is 0 Å². The summed E-state index contributed by atoms with van der Waals surface area (Å²) in [4.78, 5) is 35.6. The van der Waals surface area contributed by atoms with Gasteiger partial charge in [0.1, 0.15) is 11.4 Å². The van der Waals surface area contributed by atoms with Crippen molar-refractivity contribution < 1.29 is 24.2 Å². The standard InChI is InChI=1S/C14H12BrIN2O5/c1-2-18-13(21)10(17-14(18)22)4-7-3-8(16)5-9(15)12(7)23-6-11(19)20/h3-5H,2,6H2,1H3,(H,17,22)(H,19,20)/b10-4+. The van der Waals surface area contributed by atoms with E-state index >= 15 is 0 Å². The molecule has 2 rings (SSSR count). The third kappa shape index (κ3) is 4.02. The van der Waals surface area contributed by atoms with Crippen LogP contribution in [0.1, 0.15) is 12.5 Å². The van der Waals surface area contributed by atoms with E-state index in [1.54, 1.807) is 19.1 Å². The van der Waals surface area contributed by atoms with E-state index in [9.17, 15) is 14.4 Å². The number of halogens is 2. The summed E-state index contributed by atoms with van der Waals surface area (Å²) < 4.78 is 6.69. The fourth-order valence-corrected chi connectivity index (χ4v) is 3.65. The van der Waals surface area contributed by atoms with Gasteiger partial charge in [0, 0.05) is 15.7 Å².